The third-order valence-electron chi connectivity index (χ3n) is 5.57. The lowest BCUT2D eigenvalue weighted by Crippen LogP contribution is -2.39. The summed E-state index contributed by atoms with van der Waals surface area (Å²) in [6.07, 6.45) is 9.66. The molecule has 0 aromatic carbocycles. The molecule has 3 aliphatic rings. The normalized spacial score (nSPS) is 43.1. The minimum atomic E-state index is 0.239. The molecule has 3 rings (SSSR count). The first-order chi connectivity index (χ1) is 8.72. The summed E-state index contributed by atoms with van der Waals surface area (Å²) in [5.74, 6) is 3.20. The van der Waals surface area contributed by atoms with E-state index in [1.165, 1.54) is 25.7 Å². The van der Waals surface area contributed by atoms with Gasteiger partial charge in [-0.3, -0.25) is 4.79 Å². The summed E-state index contributed by atoms with van der Waals surface area (Å²) < 4.78 is 0. The van der Waals surface area contributed by atoms with E-state index in [0.717, 1.165) is 50.0 Å². The van der Waals surface area contributed by atoms with Crippen LogP contribution in [0, 0.1) is 23.7 Å². The smallest absolute Gasteiger partial charge is 0.223 e. The van der Waals surface area contributed by atoms with Gasteiger partial charge in [-0.2, -0.15) is 0 Å². The molecule has 0 radical (unpaired) electrons. The minimum absolute atomic E-state index is 0.239. The van der Waals surface area contributed by atoms with E-state index in [1.54, 1.807) is 0 Å². The second-order valence-electron chi connectivity index (χ2n) is 6.79. The van der Waals surface area contributed by atoms with Gasteiger partial charge in [-0.05, 0) is 62.7 Å². The predicted molar refractivity (Wildman–Crippen MR) is 71.9 cm³/mol. The van der Waals surface area contributed by atoms with Crippen molar-refractivity contribution in [1.29, 1.82) is 0 Å². The molecule has 0 heterocycles. The zero-order valence-corrected chi connectivity index (χ0v) is 11.2. The highest BCUT2D eigenvalue weighted by Gasteiger charge is 2.39. The van der Waals surface area contributed by atoms with Crippen molar-refractivity contribution in [2.45, 2.75) is 57.4 Å². The first kappa shape index (κ1) is 12.5. The largest absolute Gasteiger partial charge is 0.356 e. The van der Waals surface area contributed by atoms with E-state index in [9.17, 15) is 4.79 Å². The van der Waals surface area contributed by atoms with Gasteiger partial charge in [0, 0.05) is 18.5 Å². The molecule has 1 amide bonds. The van der Waals surface area contributed by atoms with Crippen molar-refractivity contribution in [1.82, 2.24) is 5.32 Å². The Kier molecular flexibility index (Phi) is 3.60. The van der Waals surface area contributed by atoms with E-state index >= 15 is 0 Å². The highest BCUT2D eigenvalue weighted by atomic mass is 16.1. The van der Waals surface area contributed by atoms with Crippen molar-refractivity contribution < 1.29 is 4.79 Å². The first-order valence-electron chi connectivity index (χ1n) is 7.75. The number of rotatable bonds is 3. The lowest BCUT2D eigenvalue weighted by Gasteiger charge is -2.27. The maximum atomic E-state index is 12.1. The summed E-state index contributed by atoms with van der Waals surface area (Å²) in [5, 5.41) is 3.21. The van der Waals surface area contributed by atoms with Gasteiger partial charge in [0.15, 0.2) is 0 Å². The van der Waals surface area contributed by atoms with Gasteiger partial charge < -0.3 is 11.1 Å². The van der Waals surface area contributed by atoms with Gasteiger partial charge in [0.1, 0.15) is 0 Å². The van der Waals surface area contributed by atoms with Crippen molar-refractivity contribution >= 4 is 5.91 Å². The Morgan fingerprint density at radius 1 is 1.06 bits per heavy atom. The van der Waals surface area contributed by atoms with Gasteiger partial charge in [-0.15, -0.1) is 0 Å². The van der Waals surface area contributed by atoms with Crippen LogP contribution in [0.5, 0.6) is 0 Å². The number of hydrogen-bond acceptors (Lipinski definition) is 2. The Morgan fingerprint density at radius 3 is 2.44 bits per heavy atom. The second kappa shape index (κ2) is 5.20. The second-order valence-corrected chi connectivity index (χ2v) is 6.79. The zero-order chi connectivity index (χ0) is 12.5. The Morgan fingerprint density at radius 2 is 1.83 bits per heavy atom. The van der Waals surface area contributed by atoms with Crippen LogP contribution in [0.3, 0.4) is 0 Å². The van der Waals surface area contributed by atoms with Crippen molar-refractivity contribution in [3.63, 3.8) is 0 Å². The molecule has 0 spiro atoms. The third kappa shape index (κ3) is 2.56. The molecule has 3 heteroatoms. The average molecular weight is 250 g/mol. The highest BCUT2D eigenvalue weighted by molar-refractivity contribution is 5.78. The maximum Gasteiger partial charge on any atom is 0.223 e. The summed E-state index contributed by atoms with van der Waals surface area (Å²) >= 11 is 0. The summed E-state index contributed by atoms with van der Waals surface area (Å²) in [4.78, 5) is 12.1. The zero-order valence-electron chi connectivity index (χ0n) is 11.2. The van der Waals surface area contributed by atoms with Crippen molar-refractivity contribution in [3.8, 4) is 0 Å². The van der Waals surface area contributed by atoms with Crippen LogP contribution in [-0.4, -0.2) is 18.5 Å². The van der Waals surface area contributed by atoms with Crippen LogP contribution in [-0.2, 0) is 4.79 Å². The SMILES string of the molecule is NC1CCC(C(=O)NCC2CC3CCC2C3)CC1. The maximum absolute atomic E-state index is 12.1. The predicted octanol–water partition coefficient (Wildman–Crippen LogP) is 2.06. The van der Waals surface area contributed by atoms with Crippen LogP contribution in [0.25, 0.3) is 0 Å². The van der Waals surface area contributed by atoms with Gasteiger partial charge in [-0.25, -0.2) is 0 Å². The molecule has 3 unspecified atom stereocenters. The van der Waals surface area contributed by atoms with Crippen LogP contribution in [0.1, 0.15) is 51.4 Å². The van der Waals surface area contributed by atoms with Crippen molar-refractivity contribution in [3.05, 3.63) is 0 Å². The van der Waals surface area contributed by atoms with E-state index in [4.69, 9.17) is 5.73 Å². The Labute approximate surface area is 110 Å². The van der Waals surface area contributed by atoms with Gasteiger partial charge in [0.25, 0.3) is 0 Å². The molecule has 3 fully saturated rings. The van der Waals surface area contributed by atoms with E-state index in [0.29, 0.717) is 11.9 Å². The number of amides is 1. The van der Waals surface area contributed by atoms with Crippen LogP contribution in [0.2, 0.25) is 0 Å². The molecule has 0 aromatic rings. The number of carbonyl (C=O) groups is 1. The van der Waals surface area contributed by atoms with Crippen LogP contribution in [0.15, 0.2) is 0 Å². The number of hydrogen-bond donors (Lipinski definition) is 2. The molecule has 102 valence electrons. The lowest BCUT2D eigenvalue weighted by atomic mass is 9.85. The molecular formula is C15H26N2O. The standard InChI is InChI=1S/C15H26N2O/c16-14-5-3-11(4-6-14)15(18)17-9-13-8-10-1-2-12(13)7-10/h10-14H,1-9,16H2,(H,17,18). The monoisotopic (exact) mass is 250 g/mol. The lowest BCUT2D eigenvalue weighted by molar-refractivity contribution is -0.126. The quantitative estimate of drug-likeness (QED) is 0.805. The third-order valence-corrected chi connectivity index (χ3v) is 5.57. The van der Waals surface area contributed by atoms with Gasteiger partial charge >= 0.3 is 0 Å². The number of carbonyl (C=O) groups excluding carboxylic acids is 1. The fourth-order valence-corrected chi connectivity index (χ4v) is 4.38. The topological polar surface area (TPSA) is 55.1 Å². The summed E-state index contributed by atoms with van der Waals surface area (Å²) in [7, 11) is 0. The molecule has 2 bridgehead atoms. The Balaban J connectivity index is 1.41. The van der Waals surface area contributed by atoms with Crippen molar-refractivity contribution in [2.75, 3.05) is 6.54 Å². The summed E-state index contributed by atoms with van der Waals surface area (Å²) in [6, 6.07) is 0.333. The van der Waals surface area contributed by atoms with Gasteiger partial charge in [-0.1, -0.05) is 6.42 Å². The van der Waals surface area contributed by atoms with Gasteiger partial charge in [0.05, 0.1) is 0 Å². The molecule has 3 nitrogen and oxygen atoms in total. The summed E-state index contributed by atoms with van der Waals surface area (Å²) in [5.41, 5.74) is 5.88. The summed E-state index contributed by atoms with van der Waals surface area (Å²) in [6.45, 7) is 0.933. The fraction of sp³-hybridized carbons (Fsp3) is 0.933. The molecule has 3 N–H and O–H groups in total. The van der Waals surface area contributed by atoms with Crippen LogP contribution < -0.4 is 11.1 Å². The number of nitrogens with one attached hydrogen (secondary N) is 1. The molecule has 0 aliphatic heterocycles. The molecule has 0 saturated heterocycles. The van der Waals surface area contributed by atoms with E-state index in [1.807, 2.05) is 0 Å². The van der Waals surface area contributed by atoms with E-state index in [2.05, 4.69) is 5.32 Å². The molecule has 3 saturated carbocycles. The molecule has 3 aliphatic carbocycles. The molecule has 3 atom stereocenters. The minimum Gasteiger partial charge on any atom is -0.356 e. The average Bonchev–Trinajstić information content (AvgIpc) is 2.99. The van der Waals surface area contributed by atoms with Gasteiger partial charge in [0.2, 0.25) is 5.91 Å². The van der Waals surface area contributed by atoms with E-state index < -0.39 is 0 Å². The number of fused-ring (bicyclic) bond motifs is 2. The fourth-order valence-electron chi connectivity index (χ4n) is 4.38. The molecule has 18 heavy (non-hydrogen) atoms. The van der Waals surface area contributed by atoms with Crippen molar-refractivity contribution in [2.24, 2.45) is 29.4 Å². The molecular weight excluding hydrogens is 224 g/mol. The highest BCUT2D eigenvalue weighted by Crippen LogP contribution is 2.47. The van der Waals surface area contributed by atoms with Crippen LogP contribution in [0.4, 0.5) is 0 Å². The Bertz CT molecular complexity index is 310. The Hall–Kier alpha value is -0.570. The van der Waals surface area contributed by atoms with Crippen LogP contribution >= 0.6 is 0 Å². The number of nitrogens with two attached hydrogens (primary N) is 1. The van der Waals surface area contributed by atoms with E-state index in [-0.39, 0.29) is 5.92 Å². The molecule has 0 aromatic heterocycles. The first-order valence-corrected chi connectivity index (χ1v) is 7.75.